The van der Waals surface area contributed by atoms with E-state index in [1.165, 1.54) is 6.92 Å². The lowest BCUT2D eigenvalue weighted by Gasteiger charge is -2.21. The normalized spacial score (nSPS) is 12.9. The molecule has 0 saturated carbocycles. The number of aryl methyl sites for hydroxylation is 1. The number of rotatable bonds is 11. The van der Waals surface area contributed by atoms with E-state index in [0.29, 0.717) is 18.6 Å². The molecular formula is C20H29NO4S2. The maximum Gasteiger partial charge on any atom is 0.328 e. The predicted octanol–water partition coefficient (Wildman–Crippen LogP) is 3.23. The topological polar surface area (TPSA) is 72.5 Å². The SMILES string of the molecule is CCOC(=O)C(CCSC)NC(=O)C(CSC(C)=O)Cc1cccc(C)c1. The van der Waals surface area contributed by atoms with Crippen LogP contribution in [0.4, 0.5) is 0 Å². The van der Waals surface area contributed by atoms with Gasteiger partial charge < -0.3 is 10.1 Å². The first kappa shape index (κ1) is 23.6. The van der Waals surface area contributed by atoms with Gasteiger partial charge in [-0.25, -0.2) is 4.79 Å². The maximum atomic E-state index is 12.9. The quantitative estimate of drug-likeness (QED) is 0.564. The second-order valence-electron chi connectivity index (χ2n) is 6.29. The zero-order valence-corrected chi connectivity index (χ0v) is 18.1. The molecule has 0 aliphatic heterocycles. The number of esters is 1. The van der Waals surface area contributed by atoms with Crippen molar-refractivity contribution in [2.45, 2.75) is 39.7 Å². The van der Waals surface area contributed by atoms with Gasteiger partial charge in [0.1, 0.15) is 6.04 Å². The van der Waals surface area contributed by atoms with Gasteiger partial charge in [-0.05, 0) is 44.3 Å². The van der Waals surface area contributed by atoms with Crippen molar-refractivity contribution >= 4 is 40.5 Å². The third kappa shape index (κ3) is 9.33. The van der Waals surface area contributed by atoms with Crippen LogP contribution in [0, 0.1) is 12.8 Å². The fraction of sp³-hybridized carbons (Fsp3) is 0.550. The first-order valence-electron chi connectivity index (χ1n) is 9.02. The van der Waals surface area contributed by atoms with Crippen molar-refractivity contribution in [3.63, 3.8) is 0 Å². The Hall–Kier alpha value is -1.47. The summed E-state index contributed by atoms with van der Waals surface area (Å²) in [5.41, 5.74) is 2.16. The predicted molar refractivity (Wildman–Crippen MR) is 113 cm³/mol. The van der Waals surface area contributed by atoms with E-state index >= 15 is 0 Å². The largest absolute Gasteiger partial charge is 0.464 e. The number of carbonyl (C=O) groups excluding carboxylic acids is 3. The molecule has 150 valence electrons. The molecule has 0 fully saturated rings. The fourth-order valence-electron chi connectivity index (χ4n) is 2.59. The molecule has 0 heterocycles. The van der Waals surface area contributed by atoms with Gasteiger partial charge >= 0.3 is 5.97 Å². The van der Waals surface area contributed by atoms with Gasteiger partial charge in [0.05, 0.1) is 12.5 Å². The van der Waals surface area contributed by atoms with Crippen molar-refractivity contribution < 1.29 is 19.1 Å². The summed E-state index contributed by atoms with van der Waals surface area (Å²) in [5.74, 6) is 0.103. The van der Waals surface area contributed by atoms with E-state index in [1.54, 1.807) is 18.7 Å². The Morgan fingerprint density at radius 2 is 2.00 bits per heavy atom. The molecule has 7 heteroatoms. The van der Waals surface area contributed by atoms with Crippen LogP contribution in [0.5, 0.6) is 0 Å². The molecule has 0 saturated heterocycles. The molecule has 0 aliphatic rings. The summed E-state index contributed by atoms with van der Waals surface area (Å²) in [6.07, 6.45) is 2.99. The van der Waals surface area contributed by atoms with E-state index in [4.69, 9.17) is 4.74 Å². The minimum atomic E-state index is -0.660. The Bertz CT molecular complexity index is 636. The summed E-state index contributed by atoms with van der Waals surface area (Å²) in [4.78, 5) is 36.4. The summed E-state index contributed by atoms with van der Waals surface area (Å²) < 4.78 is 5.09. The van der Waals surface area contributed by atoms with Crippen LogP contribution in [-0.2, 0) is 25.5 Å². The van der Waals surface area contributed by atoms with E-state index in [1.807, 2.05) is 37.4 Å². The minimum absolute atomic E-state index is 0.0265. The Kier molecular flexibility index (Phi) is 11.2. The highest BCUT2D eigenvalue weighted by Gasteiger charge is 2.27. The molecular weight excluding hydrogens is 382 g/mol. The average molecular weight is 412 g/mol. The Morgan fingerprint density at radius 1 is 1.26 bits per heavy atom. The third-order valence-corrected chi connectivity index (χ3v) is 5.54. The molecule has 1 rings (SSSR count). The molecule has 0 aliphatic carbocycles. The van der Waals surface area contributed by atoms with Crippen molar-refractivity contribution in [3.8, 4) is 0 Å². The maximum absolute atomic E-state index is 12.9. The molecule has 2 atom stereocenters. The standard InChI is InChI=1S/C20H29NO4S2/c1-5-25-20(24)18(9-10-26-4)21-19(23)17(13-27-15(3)22)12-16-8-6-7-14(2)11-16/h6-8,11,17-18H,5,9-10,12-13H2,1-4H3,(H,21,23). The molecule has 1 aromatic carbocycles. The van der Waals surface area contributed by atoms with Crippen LogP contribution in [0.15, 0.2) is 24.3 Å². The monoisotopic (exact) mass is 411 g/mol. The number of amides is 1. The molecule has 0 aromatic heterocycles. The fourth-order valence-corrected chi connectivity index (χ4v) is 3.76. The van der Waals surface area contributed by atoms with Crippen LogP contribution in [0.3, 0.4) is 0 Å². The molecule has 5 nitrogen and oxygen atoms in total. The van der Waals surface area contributed by atoms with Gasteiger partial charge in [0.15, 0.2) is 5.12 Å². The highest BCUT2D eigenvalue weighted by molar-refractivity contribution is 8.13. The van der Waals surface area contributed by atoms with Crippen LogP contribution < -0.4 is 5.32 Å². The van der Waals surface area contributed by atoms with Crippen LogP contribution in [0.25, 0.3) is 0 Å². The lowest BCUT2D eigenvalue weighted by molar-refractivity contribution is -0.147. The highest BCUT2D eigenvalue weighted by Crippen LogP contribution is 2.17. The smallest absolute Gasteiger partial charge is 0.328 e. The number of thioether (sulfide) groups is 2. The highest BCUT2D eigenvalue weighted by atomic mass is 32.2. The van der Waals surface area contributed by atoms with Crippen LogP contribution in [-0.4, -0.2) is 47.4 Å². The molecule has 2 unspecified atom stereocenters. The Labute approximate surface area is 170 Å². The Balaban J connectivity index is 2.88. The number of benzene rings is 1. The van der Waals surface area contributed by atoms with Crippen molar-refractivity contribution in [2.75, 3.05) is 24.4 Å². The van der Waals surface area contributed by atoms with Crippen molar-refractivity contribution in [1.82, 2.24) is 5.32 Å². The summed E-state index contributed by atoms with van der Waals surface area (Å²) in [6, 6.07) is 7.31. The van der Waals surface area contributed by atoms with Gasteiger partial charge in [0.2, 0.25) is 5.91 Å². The lowest BCUT2D eigenvalue weighted by Crippen LogP contribution is -2.45. The molecule has 1 aromatic rings. The number of carbonyl (C=O) groups is 3. The van der Waals surface area contributed by atoms with E-state index < -0.39 is 17.9 Å². The van der Waals surface area contributed by atoms with E-state index in [2.05, 4.69) is 5.32 Å². The first-order valence-corrected chi connectivity index (χ1v) is 11.4. The molecule has 0 spiro atoms. The van der Waals surface area contributed by atoms with E-state index in [9.17, 15) is 14.4 Å². The van der Waals surface area contributed by atoms with Crippen molar-refractivity contribution in [1.29, 1.82) is 0 Å². The van der Waals surface area contributed by atoms with Gasteiger partial charge in [-0.15, -0.1) is 0 Å². The average Bonchev–Trinajstić information content (AvgIpc) is 2.61. The third-order valence-electron chi connectivity index (χ3n) is 3.92. The molecule has 0 radical (unpaired) electrons. The zero-order valence-electron chi connectivity index (χ0n) is 16.4. The summed E-state index contributed by atoms with van der Waals surface area (Å²) >= 11 is 2.75. The summed E-state index contributed by atoms with van der Waals surface area (Å²) in [5, 5.41) is 2.82. The second-order valence-corrected chi connectivity index (χ2v) is 8.47. The number of ether oxygens (including phenoxy) is 1. The van der Waals surface area contributed by atoms with Crippen LogP contribution >= 0.6 is 23.5 Å². The number of hydrogen-bond acceptors (Lipinski definition) is 6. The molecule has 0 bridgehead atoms. The van der Waals surface area contributed by atoms with Crippen LogP contribution in [0.1, 0.15) is 31.4 Å². The van der Waals surface area contributed by atoms with Crippen molar-refractivity contribution in [2.24, 2.45) is 5.92 Å². The van der Waals surface area contributed by atoms with E-state index in [0.717, 1.165) is 28.6 Å². The molecule has 1 amide bonds. The Morgan fingerprint density at radius 3 is 2.59 bits per heavy atom. The summed E-state index contributed by atoms with van der Waals surface area (Å²) in [6.45, 7) is 5.51. The van der Waals surface area contributed by atoms with E-state index in [-0.39, 0.29) is 17.6 Å². The summed E-state index contributed by atoms with van der Waals surface area (Å²) in [7, 11) is 0. The lowest BCUT2D eigenvalue weighted by atomic mass is 9.98. The van der Waals surface area contributed by atoms with Gasteiger partial charge in [-0.2, -0.15) is 11.8 Å². The zero-order chi connectivity index (χ0) is 20.2. The minimum Gasteiger partial charge on any atom is -0.464 e. The van der Waals surface area contributed by atoms with Crippen molar-refractivity contribution in [3.05, 3.63) is 35.4 Å². The van der Waals surface area contributed by atoms with Gasteiger partial charge in [0, 0.05) is 12.7 Å². The molecule has 27 heavy (non-hydrogen) atoms. The second kappa shape index (κ2) is 12.8. The molecule has 1 N–H and O–H groups in total. The van der Waals surface area contributed by atoms with Gasteiger partial charge in [0.25, 0.3) is 0 Å². The van der Waals surface area contributed by atoms with Gasteiger partial charge in [-0.3, -0.25) is 9.59 Å². The van der Waals surface area contributed by atoms with Gasteiger partial charge in [-0.1, -0.05) is 41.6 Å². The number of nitrogens with one attached hydrogen (secondary N) is 1. The number of hydrogen-bond donors (Lipinski definition) is 1. The van der Waals surface area contributed by atoms with Crippen LogP contribution in [0.2, 0.25) is 0 Å². The first-order chi connectivity index (χ1) is 12.9.